The molecule has 1 unspecified atom stereocenters. The van der Waals surface area contributed by atoms with E-state index < -0.39 is 0 Å². The van der Waals surface area contributed by atoms with Gasteiger partial charge in [-0.3, -0.25) is 0 Å². The van der Waals surface area contributed by atoms with Crippen LogP contribution in [0.2, 0.25) is 0 Å². The number of hydrogen-bond acceptors (Lipinski definition) is 2. The quantitative estimate of drug-likeness (QED) is 0.793. The van der Waals surface area contributed by atoms with E-state index in [0.717, 1.165) is 18.4 Å². The van der Waals surface area contributed by atoms with Crippen molar-refractivity contribution in [1.29, 1.82) is 0 Å². The fraction of sp³-hybridized carbons (Fsp3) is 0.429. The van der Waals surface area contributed by atoms with Gasteiger partial charge in [0.25, 0.3) is 0 Å². The lowest BCUT2D eigenvalue weighted by Crippen LogP contribution is -2.26. The zero-order valence-corrected chi connectivity index (χ0v) is 10.2. The molecule has 1 aromatic carbocycles. The number of benzene rings is 1. The first-order valence-electron chi connectivity index (χ1n) is 6.06. The van der Waals surface area contributed by atoms with Crippen LogP contribution in [0.5, 0.6) is 0 Å². The summed E-state index contributed by atoms with van der Waals surface area (Å²) >= 11 is 0. The van der Waals surface area contributed by atoms with Crippen LogP contribution in [0, 0.1) is 5.82 Å². The molecular weight excluding hydrogens is 215 g/mol. The maximum atomic E-state index is 14.0. The number of nitrogens with zero attached hydrogens (tertiary/aromatic N) is 1. The molecule has 0 amide bonds. The number of rotatable bonds is 5. The lowest BCUT2D eigenvalue weighted by atomic mass is 10.1. The van der Waals surface area contributed by atoms with E-state index in [1.165, 1.54) is 0 Å². The topological polar surface area (TPSA) is 29.3 Å². The number of hydrogen-bond donors (Lipinski definition) is 1. The zero-order valence-electron chi connectivity index (χ0n) is 10.2. The Bertz CT molecular complexity index is 411. The molecule has 0 bridgehead atoms. The molecule has 0 spiro atoms. The molecule has 1 fully saturated rings. The van der Waals surface area contributed by atoms with Gasteiger partial charge < -0.3 is 10.6 Å². The van der Waals surface area contributed by atoms with Crippen LogP contribution in [-0.4, -0.2) is 12.6 Å². The zero-order chi connectivity index (χ0) is 12.4. The van der Waals surface area contributed by atoms with Crippen LogP contribution in [0.1, 0.15) is 31.4 Å². The van der Waals surface area contributed by atoms with Crippen molar-refractivity contribution in [3.63, 3.8) is 0 Å². The molecule has 0 aromatic heterocycles. The molecular formula is C14H19FN2. The standard InChI is InChI=1S/C14H19FN2/c1-3-8-17(12-5-6-12)14-7-4-11(10(2)16)9-13(14)15/h3-4,7,9-10,12H,1,5-6,8,16H2,2H3. The number of anilines is 1. The van der Waals surface area contributed by atoms with Gasteiger partial charge >= 0.3 is 0 Å². The van der Waals surface area contributed by atoms with E-state index >= 15 is 0 Å². The minimum absolute atomic E-state index is 0.132. The first kappa shape index (κ1) is 12.1. The predicted octanol–water partition coefficient (Wildman–Crippen LogP) is 3.00. The minimum Gasteiger partial charge on any atom is -0.362 e. The first-order valence-corrected chi connectivity index (χ1v) is 6.06. The normalized spacial score (nSPS) is 16.6. The van der Waals surface area contributed by atoms with Gasteiger partial charge in [-0.1, -0.05) is 12.1 Å². The summed E-state index contributed by atoms with van der Waals surface area (Å²) in [5.74, 6) is -0.187. The van der Waals surface area contributed by atoms with Gasteiger partial charge in [0, 0.05) is 18.6 Å². The summed E-state index contributed by atoms with van der Waals surface area (Å²) in [7, 11) is 0. The highest BCUT2D eigenvalue weighted by atomic mass is 19.1. The van der Waals surface area contributed by atoms with Crippen LogP contribution in [0.25, 0.3) is 0 Å². The van der Waals surface area contributed by atoms with E-state index in [-0.39, 0.29) is 11.9 Å². The fourth-order valence-electron chi connectivity index (χ4n) is 2.01. The largest absolute Gasteiger partial charge is 0.362 e. The van der Waals surface area contributed by atoms with Crippen molar-refractivity contribution in [3.8, 4) is 0 Å². The summed E-state index contributed by atoms with van der Waals surface area (Å²) in [6, 6.07) is 5.62. The Hall–Kier alpha value is -1.35. The van der Waals surface area contributed by atoms with Gasteiger partial charge in [-0.25, -0.2) is 4.39 Å². The smallest absolute Gasteiger partial charge is 0.146 e. The summed E-state index contributed by atoms with van der Waals surface area (Å²) in [6.07, 6.45) is 4.10. The molecule has 0 heterocycles. The molecule has 2 rings (SSSR count). The molecule has 3 heteroatoms. The lowest BCUT2D eigenvalue weighted by molar-refractivity contribution is 0.614. The van der Waals surface area contributed by atoms with Crippen molar-refractivity contribution >= 4 is 5.69 Å². The minimum atomic E-state index is -0.187. The monoisotopic (exact) mass is 234 g/mol. The molecule has 1 aliphatic rings. The molecule has 0 saturated heterocycles. The summed E-state index contributed by atoms with van der Waals surface area (Å²) in [4.78, 5) is 2.08. The summed E-state index contributed by atoms with van der Waals surface area (Å²) < 4.78 is 14.0. The van der Waals surface area contributed by atoms with E-state index in [4.69, 9.17) is 5.73 Å². The second kappa shape index (κ2) is 4.88. The van der Waals surface area contributed by atoms with Crippen LogP contribution >= 0.6 is 0 Å². The average molecular weight is 234 g/mol. The van der Waals surface area contributed by atoms with Crippen molar-refractivity contribution in [2.45, 2.75) is 31.8 Å². The van der Waals surface area contributed by atoms with Crippen LogP contribution in [0.4, 0.5) is 10.1 Å². The number of nitrogens with two attached hydrogens (primary N) is 1. The van der Waals surface area contributed by atoms with Gasteiger partial charge in [0.2, 0.25) is 0 Å². The lowest BCUT2D eigenvalue weighted by Gasteiger charge is -2.24. The van der Waals surface area contributed by atoms with Crippen molar-refractivity contribution in [3.05, 3.63) is 42.2 Å². The number of halogens is 1. The van der Waals surface area contributed by atoms with Gasteiger partial charge in [-0.05, 0) is 37.5 Å². The molecule has 1 aliphatic carbocycles. The van der Waals surface area contributed by atoms with E-state index in [1.54, 1.807) is 6.07 Å². The molecule has 92 valence electrons. The van der Waals surface area contributed by atoms with Crippen molar-refractivity contribution in [2.24, 2.45) is 5.73 Å². The highest BCUT2D eigenvalue weighted by molar-refractivity contribution is 5.52. The van der Waals surface area contributed by atoms with Gasteiger partial charge in [-0.2, -0.15) is 0 Å². The van der Waals surface area contributed by atoms with Gasteiger partial charge in [0.15, 0.2) is 0 Å². The van der Waals surface area contributed by atoms with Crippen LogP contribution in [0.3, 0.4) is 0 Å². The molecule has 1 saturated carbocycles. The molecule has 1 aromatic rings. The predicted molar refractivity (Wildman–Crippen MR) is 69.6 cm³/mol. The second-order valence-electron chi connectivity index (χ2n) is 4.67. The van der Waals surface area contributed by atoms with E-state index in [2.05, 4.69) is 11.5 Å². The Morgan fingerprint density at radius 3 is 2.76 bits per heavy atom. The Labute approximate surface area is 102 Å². The van der Waals surface area contributed by atoms with Crippen LogP contribution < -0.4 is 10.6 Å². The average Bonchev–Trinajstić information content (AvgIpc) is 3.10. The van der Waals surface area contributed by atoms with E-state index in [9.17, 15) is 4.39 Å². The van der Waals surface area contributed by atoms with E-state index in [1.807, 2.05) is 25.1 Å². The Balaban J connectivity index is 2.27. The van der Waals surface area contributed by atoms with Gasteiger partial charge in [0.1, 0.15) is 5.82 Å². The fourth-order valence-corrected chi connectivity index (χ4v) is 2.01. The maximum absolute atomic E-state index is 14.0. The summed E-state index contributed by atoms with van der Waals surface area (Å²) in [5, 5.41) is 0. The van der Waals surface area contributed by atoms with Crippen molar-refractivity contribution < 1.29 is 4.39 Å². The molecule has 2 nitrogen and oxygen atoms in total. The highest BCUT2D eigenvalue weighted by Crippen LogP contribution is 2.33. The van der Waals surface area contributed by atoms with Crippen LogP contribution in [0.15, 0.2) is 30.9 Å². The second-order valence-corrected chi connectivity index (χ2v) is 4.67. The molecule has 0 aliphatic heterocycles. The third-order valence-electron chi connectivity index (χ3n) is 3.12. The Kier molecular flexibility index (Phi) is 3.48. The summed E-state index contributed by atoms with van der Waals surface area (Å²) in [6.45, 7) is 6.28. The van der Waals surface area contributed by atoms with Gasteiger partial charge in [0.05, 0.1) is 5.69 Å². The maximum Gasteiger partial charge on any atom is 0.146 e. The molecule has 2 N–H and O–H groups in total. The van der Waals surface area contributed by atoms with Crippen molar-refractivity contribution in [1.82, 2.24) is 0 Å². The third-order valence-corrected chi connectivity index (χ3v) is 3.12. The first-order chi connectivity index (χ1) is 8.13. The van der Waals surface area contributed by atoms with E-state index in [0.29, 0.717) is 18.3 Å². The van der Waals surface area contributed by atoms with Crippen molar-refractivity contribution in [2.75, 3.05) is 11.4 Å². The molecule has 17 heavy (non-hydrogen) atoms. The van der Waals surface area contributed by atoms with Crippen LogP contribution in [-0.2, 0) is 0 Å². The molecule has 1 atom stereocenters. The van der Waals surface area contributed by atoms with Gasteiger partial charge in [-0.15, -0.1) is 6.58 Å². The SMILES string of the molecule is C=CCN(c1ccc(C(C)N)cc1F)C1CC1. The summed E-state index contributed by atoms with van der Waals surface area (Å²) in [5.41, 5.74) is 7.24. The molecule has 0 radical (unpaired) electrons. The Morgan fingerprint density at radius 2 is 2.29 bits per heavy atom. The third kappa shape index (κ3) is 2.67. The Morgan fingerprint density at radius 1 is 1.59 bits per heavy atom. The highest BCUT2D eigenvalue weighted by Gasteiger charge is 2.29.